The molecule has 1 aliphatic heterocycles. The summed E-state index contributed by atoms with van der Waals surface area (Å²) in [6.07, 6.45) is 5.31. The number of pyridine rings is 1. The monoisotopic (exact) mass is 414 g/mol. The van der Waals surface area contributed by atoms with Gasteiger partial charge in [-0.3, -0.25) is 14.7 Å². The van der Waals surface area contributed by atoms with Crippen LogP contribution in [0.2, 0.25) is 0 Å². The van der Waals surface area contributed by atoms with Crippen molar-refractivity contribution in [3.8, 4) is 5.75 Å². The molecular formula is C23H34N4O3. The minimum absolute atomic E-state index is 0.0190. The number of nitrogens with zero attached hydrogens (tertiary/aromatic N) is 3. The number of methoxy groups -OCH3 is 1. The number of carbonyl (C=O) groups is 1. The van der Waals surface area contributed by atoms with Gasteiger partial charge in [-0.1, -0.05) is 6.42 Å². The van der Waals surface area contributed by atoms with Gasteiger partial charge in [0.15, 0.2) is 0 Å². The summed E-state index contributed by atoms with van der Waals surface area (Å²) in [6, 6.07) is 5.75. The van der Waals surface area contributed by atoms with Crippen LogP contribution in [0.3, 0.4) is 0 Å². The van der Waals surface area contributed by atoms with Crippen LogP contribution >= 0.6 is 0 Å². The van der Waals surface area contributed by atoms with E-state index in [2.05, 4.69) is 20.1 Å². The zero-order valence-corrected chi connectivity index (χ0v) is 18.2. The Bertz CT molecular complexity index is 835. The Labute approximate surface area is 179 Å². The van der Waals surface area contributed by atoms with Crippen molar-refractivity contribution in [2.24, 2.45) is 0 Å². The highest BCUT2D eigenvalue weighted by Crippen LogP contribution is 2.30. The quantitative estimate of drug-likeness (QED) is 0.582. The van der Waals surface area contributed by atoms with Crippen LogP contribution in [-0.4, -0.2) is 78.8 Å². The van der Waals surface area contributed by atoms with Crippen molar-refractivity contribution in [3.05, 3.63) is 30.0 Å². The van der Waals surface area contributed by atoms with E-state index in [1.807, 2.05) is 25.1 Å². The summed E-state index contributed by atoms with van der Waals surface area (Å²) >= 11 is 0. The van der Waals surface area contributed by atoms with E-state index in [0.29, 0.717) is 17.9 Å². The summed E-state index contributed by atoms with van der Waals surface area (Å²) in [5.74, 6) is 0.735. The minimum Gasteiger partial charge on any atom is -0.497 e. The van der Waals surface area contributed by atoms with Crippen molar-refractivity contribution in [2.45, 2.75) is 32.6 Å². The summed E-state index contributed by atoms with van der Waals surface area (Å²) in [4.78, 5) is 21.7. The highest BCUT2D eigenvalue weighted by Gasteiger charge is 2.16. The number of aromatic nitrogens is 1. The van der Waals surface area contributed by atoms with Gasteiger partial charge in [0.25, 0.3) is 0 Å². The molecule has 0 unspecified atom stereocenters. The number of fused-ring (bicyclic) bond motifs is 1. The van der Waals surface area contributed by atoms with Gasteiger partial charge in [-0.05, 0) is 44.0 Å². The third kappa shape index (κ3) is 6.14. The van der Waals surface area contributed by atoms with Crippen molar-refractivity contribution in [1.29, 1.82) is 0 Å². The number of hydrogen-bond acceptors (Lipinski definition) is 6. The standard InChI is InChI=1S/C23H34N4O3/c1-18-7-8-24-23-20(18)16-19(30-2)17-21(23)25-22(29)6-4-3-5-9-26-10-12-27(13-11-26)14-15-28/h7-8,16-17,28H,3-6,9-15H2,1-2H3,(H,25,29). The number of piperazine rings is 1. The van der Waals surface area contributed by atoms with E-state index in [1.54, 1.807) is 13.3 Å². The highest BCUT2D eigenvalue weighted by atomic mass is 16.5. The fraction of sp³-hybridized carbons (Fsp3) is 0.565. The second-order valence-corrected chi connectivity index (χ2v) is 7.96. The topological polar surface area (TPSA) is 77.9 Å². The Morgan fingerprint density at radius 3 is 2.57 bits per heavy atom. The number of nitrogens with one attached hydrogen (secondary N) is 1. The molecule has 2 N–H and O–H groups in total. The molecule has 7 heteroatoms. The second-order valence-electron chi connectivity index (χ2n) is 7.96. The number of benzene rings is 1. The molecular weight excluding hydrogens is 380 g/mol. The Balaban J connectivity index is 1.42. The fourth-order valence-electron chi connectivity index (χ4n) is 3.96. The first-order valence-electron chi connectivity index (χ1n) is 10.9. The number of unbranched alkanes of at least 4 members (excludes halogenated alkanes) is 2. The number of carbonyl (C=O) groups excluding carboxylic acids is 1. The predicted octanol–water partition coefficient (Wildman–Crippen LogP) is 2.66. The fourth-order valence-corrected chi connectivity index (χ4v) is 3.96. The Hall–Kier alpha value is -2.22. The molecule has 0 aliphatic carbocycles. The van der Waals surface area contributed by atoms with E-state index in [-0.39, 0.29) is 12.5 Å². The van der Waals surface area contributed by atoms with Crippen molar-refractivity contribution >= 4 is 22.5 Å². The Kier molecular flexibility index (Phi) is 8.42. The smallest absolute Gasteiger partial charge is 0.224 e. The van der Waals surface area contributed by atoms with Crippen LogP contribution in [0.5, 0.6) is 5.75 Å². The van der Waals surface area contributed by atoms with E-state index in [4.69, 9.17) is 9.84 Å². The number of aryl methyl sites for hydroxylation is 1. The number of β-amino-alcohol motifs (C(OH)–C–C–N with tert-alkyl or cyclic N) is 1. The maximum absolute atomic E-state index is 12.5. The van der Waals surface area contributed by atoms with Crippen LogP contribution in [0.1, 0.15) is 31.2 Å². The van der Waals surface area contributed by atoms with Crippen molar-refractivity contribution in [2.75, 3.05) is 58.3 Å². The van der Waals surface area contributed by atoms with Gasteiger partial charge >= 0.3 is 0 Å². The lowest BCUT2D eigenvalue weighted by Gasteiger charge is -2.34. The first kappa shape index (κ1) is 22.5. The van der Waals surface area contributed by atoms with Gasteiger partial charge < -0.3 is 20.1 Å². The molecule has 30 heavy (non-hydrogen) atoms. The minimum atomic E-state index is 0.0190. The van der Waals surface area contributed by atoms with Crippen LogP contribution in [0.15, 0.2) is 24.4 Å². The van der Waals surface area contributed by atoms with E-state index in [0.717, 1.165) is 75.0 Å². The molecule has 1 aromatic heterocycles. The zero-order chi connectivity index (χ0) is 21.3. The van der Waals surface area contributed by atoms with Gasteiger partial charge in [0.05, 0.1) is 24.9 Å². The Morgan fingerprint density at radius 1 is 1.13 bits per heavy atom. The van der Waals surface area contributed by atoms with Crippen molar-refractivity contribution < 1.29 is 14.6 Å². The van der Waals surface area contributed by atoms with E-state index in [1.165, 1.54) is 0 Å². The third-order valence-electron chi connectivity index (χ3n) is 5.81. The molecule has 164 valence electrons. The average molecular weight is 415 g/mol. The normalized spacial score (nSPS) is 15.4. The maximum atomic E-state index is 12.5. The van der Waals surface area contributed by atoms with Crippen LogP contribution in [0.4, 0.5) is 5.69 Å². The molecule has 0 atom stereocenters. The van der Waals surface area contributed by atoms with Crippen LogP contribution in [0, 0.1) is 6.92 Å². The molecule has 1 aromatic carbocycles. The average Bonchev–Trinajstić information content (AvgIpc) is 2.75. The number of rotatable bonds is 10. The molecule has 1 amide bonds. The molecule has 0 spiro atoms. The lowest BCUT2D eigenvalue weighted by Crippen LogP contribution is -2.47. The molecule has 1 aliphatic rings. The summed E-state index contributed by atoms with van der Waals surface area (Å²) in [7, 11) is 1.63. The molecule has 2 heterocycles. The summed E-state index contributed by atoms with van der Waals surface area (Å²) < 4.78 is 5.39. The van der Waals surface area contributed by atoms with Gasteiger partial charge in [-0.25, -0.2) is 0 Å². The SMILES string of the molecule is COc1cc(NC(=O)CCCCCN2CCN(CCO)CC2)c2nccc(C)c2c1. The number of anilines is 1. The summed E-state index contributed by atoms with van der Waals surface area (Å²) in [6.45, 7) is 8.32. The van der Waals surface area contributed by atoms with Crippen LogP contribution < -0.4 is 10.1 Å². The molecule has 0 radical (unpaired) electrons. The molecule has 1 saturated heterocycles. The van der Waals surface area contributed by atoms with E-state index >= 15 is 0 Å². The van der Waals surface area contributed by atoms with E-state index < -0.39 is 0 Å². The lowest BCUT2D eigenvalue weighted by molar-refractivity contribution is -0.116. The number of aliphatic hydroxyl groups is 1. The number of hydrogen-bond donors (Lipinski definition) is 2. The zero-order valence-electron chi connectivity index (χ0n) is 18.2. The van der Waals surface area contributed by atoms with Gasteiger partial charge in [0.2, 0.25) is 5.91 Å². The van der Waals surface area contributed by atoms with E-state index in [9.17, 15) is 4.79 Å². The first-order chi connectivity index (χ1) is 14.6. The van der Waals surface area contributed by atoms with Crippen LogP contribution in [0.25, 0.3) is 10.9 Å². The first-order valence-corrected chi connectivity index (χ1v) is 10.9. The maximum Gasteiger partial charge on any atom is 0.224 e. The van der Waals surface area contributed by atoms with Gasteiger partial charge in [-0.15, -0.1) is 0 Å². The van der Waals surface area contributed by atoms with Crippen LogP contribution in [-0.2, 0) is 4.79 Å². The lowest BCUT2D eigenvalue weighted by atomic mass is 10.1. The molecule has 3 rings (SSSR count). The molecule has 2 aromatic rings. The third-order valence-corrected chi connectivity index (χ3v) is 5.81. The number of ether oxygens (including phenoxy) is 1. The number of aliphatic hydroxyl groups excluding tert-OH is 1. The molecule has 0 bridgehead atoms. The number of amides is 1. The van der Waals surface area contributed by atoms with Crippen molar-refractivity contribution in [1.82, 2.24) is 14.8 Å². The van der Waals surface area contributed by atoms with Crippen molar-refractivity contribution in [3.63, 3.8) is 0 Å². The molecule has 7 nitrogen and oxygen atoms in total. The summed E-state index contributed by atoms with van der Waals surface area (Å²) in [5, 5.41) is 13.0. The second kappa shape index (κ2) is 11.2. The summed E-state index contributed by atoms with van der Waals surface area (Å²) in [5.41, 5.74) is 2.61. The van der Waals surface area contributed by atoms with Gasteiger partial charge in [0.1, 0.15) is 5.75 Å². The molecule has 0 saturated carbocycles. The highest BCUT2D eigenvalue weighted by molar-refractivity contribution is 6.01. The predicted molar refractivity (Wildman–Crippen MR) is 120 cm³/mol. The largest absolute Gasteiger partial charge is 0.497 e. The van der Waals surface area contributed by atoms with Gasteiger partial charge in [0, 0.05) is 56.8 Å². The Morgan fingerprint density at radius 2 is 1.87 bits per heavy atom. The van der Waals surface area contributed by atoms with Gasteiger partial charge in [-0.2, -0.15) is 0 Å². The molecule has 1 fully saturated rings.